The van der Waals surface area contributed by atoms with Crippen molar-refractivity contribution in [1.82, 2.24) is 10.2 Å². The molecule has 3 aliphatic rings. The van der Waals surface area contributed by atoms with Gasteiger partial charge in [-0.05, 0) is 69.2 Å². The molecule has 2 saturated carbocycles. The first-order chi connectivity index (χ1) is 10.3. The van der Waals surface area contributed by atoms with Gasteiger partial charge in [0, 0.05) is 25.2 Å². The topological polar surface area (TPSA) is 15.3 Å². The summed E-state index contributed by atoms with van der Waals surface area (Å²) in [7, 11) is 0. The molecule has 0 spiro atoms. The van der Waals surface area contributed by atoms with Crippen LogP contribution in [-0.2, 0) is 0 Å². The molecular weight excluding hydrogens is 256 g/mol. The number of likely N-dealkylation sites (tertiary alicyclic amines) is 1. The highest BCUT2D eigenvalue weighted by Gasteiger charge is 2.38. The summed E-state index contributed by atoms with van der Waals surface area (Å²) in [5.74, 6) is 1.02. The number of nitrogens with zero attached hydrogens (tertiary/aromatic N) is 1. The SMILES string of the molecule is CCC(CC)(CNC1CC1)CN1CCCC2CCCCC21. The monoisotopic (exact) mass is 292 g/mol. The molecule has 0 aromatic rings. The quantitative estimate of drug-likeness (QED) is 0.756. The molecule has 2 atom stereocenters. The van der Waals surface area contributed by atoms with Crippen LogP contribution < -0.4 is 5.32 Å². The van der Waals surface area contributed by atoms with Crippen molar-refractivity contribution in [3.63, 3.8) is 0 Å². The van der Waals surface area contributed by atoms with Crippen molar-refractivity contribution in [1.29, 1.82) is 0 Å². The van der Waals surface area contributed by atoms with Crippen LogP contribution in [0.4, 0.5) is 0 Å². The molecule has 2 nitrogen and oxygen atoms in total. The van der Waals surface area contributed by atoms with E-state index < -0.39 is 0 Å². The molecule has 2 aliphatic carbocycles. The van der Waals surface area contributed by atoms with Crippen molar-refractivity contribution in [2.45, 2.75) is 90.1 Å². The lowest BCUT2D eigenvalue weighted by atomic mass is 9.75. The Kier molecular flexibility index (Phi) is 5.27. The summed E-state index contributed by atoms with van der Waals surface area (Å²) in [6, 6.07) is 1.78. The lowest BCUT2D eigenvalue weighted by molar-refractivity contribution is 0.0200. The fourth-order valence-electron chi connectivity index (χ4n) is 4.78. The predicted molar refractivity (Wildman–Crippen MR) is 90.6 cm³/mol. The van der Waals surface area contributed by atoms with Gasteiger partial charge in [0.15, 0.2) is 0 Å². The Labute approximate surface area is 132 Å². The van der Waals surface area contributed by atoms with Crippen LogP contribution in [0.5, 0.6) is 0 Å². The highest BCUT2D eigenvalue weighted by atomic mass is 15.2. The molecule has 3 fully saturated rings. The Balaban J connectivity index is 1.62. The second kappa shape index (κ2) is 7.00. The Morgan fingerprint density at radius 1 is 0.952 bits per heavy atom. The van der Waals surface area contributed by atoms with Gasteiger partial charge in [0.25, 0.3) is 0 Å². The molecule has 2 unspecified atom stereocenters. The maximum Gasteiger partial charge on any atom is 0.0124 e. The maximum absolute atomic E-state index is 3.83. The summed E-state index contributed by atoms with van der Waals surface area (Å²) in [5, 5.41) is 3.83. The van der Waals surface area contributed by atoms with E-state index in [1.807, 2.05) is 0 Å². The molecule has 0 aromatic heterocycles. The zero-order valence-electron chi connectivity index (χ0n) is 14.4. The Morgan fingerprint density at radius 3 is 2.38 bits per heavy atom. The summed E-state index contributed by atoms with van der Waals surface area (Å²) >= 11 is 0. The van der Waals surface area contributed by atoms with Gasteiger partial charge in [-0.25, -0.2) is 0 Å². The van der Waals surface area contributed by atoms with Gasteiger partial charge in [0.2, 0.25) is 0 Å². The fourth-order valence-corrected chi connectivity index (χ4v) is 4.78. The van der Waals surface area contributed by atoms with Gasteiger partial charge in [0.1, 0.15) is 0 Å². The average molecular weight is 293 g/mol. The molecule has 0 radical (unpaired) electrons. The van der Waals surface area contributed by atoms with Crippen molar-refractivity contribution < 1.29 is 0 Å². The normalized spacial score (nSPS) is 31.1. The molecular formula is C19H36N2. The molecule has 3 rings (SSSR count). The van der Waals surface area contributed by atoms with Crippen molar-refractivity contribution in [2.24, 2.45) is 11.3 Å². The van der Waals surface area contributed by atoms with Crippen LogP contribution in [0, 0.1) is 11.3 Å². The van der Waals surface area contributed by atoms with E-state index in [-0.39, 0.29) is 0 Å². The van der Waals surface area contributed by atoms with Crippen LogP contribution in [0.2, 0.25) is 0 Å². The maximum atomic E-state index is 3.83. The summed E-state index contributed by atoms with van der Waals surface area (Å²) in [6.45, 7) is 8.80. The van der Waals surface area contributed by atoms with Crippen LogP contribution in [0.15, 0.2) is 0 Å². The van der Waals surface area contributed by atoms with Crippen LogP contribution in [0.3, 0.4) is 0 Å². The number of rotatable bonds is 7. The molecule has 21 heavy (non-hydrogen) atoms. The lowest BCUT2D eigenvalue weighted by Crippen LogP contribution is -2.52. The molecule has 0 amide bonds. The Morgan fingerprint density at radius 2 is 1.67 bits per heavy atom. The van der Waals surface area contributed by atoms with Crippen molar-refractivity contribution in [3.05, 3.63) is 0 Å². The first-order valence-corrected chi connectivity index (χ1v) is 9.74. The standard InChI is InChI=1S/C19H36N2/c1-3-19(4-2,14-20-17-11-12-17)15-21-13-7-9-16-8-5-6-10-18(16)21/h16-18,20H,3-15H2,1-2H3. The minimum atomic E-state index is 0.516. The number of hydrogen-bond acceptors (Lipinski definition) is 2. The highest BCUT2D eigenvalue weighted by Crippen LogP contribution is 2.38. The third kappa shape index (κ3) is 3.82. The van der Waals surface area contributed by atoms with E-state index in [0.717, 1.165) is 18.0 Å². The van der Waals surface area contributed by atoms with Crippen molar-refractivity contribution in [2.75, 3.05) is 19.6 Å². The van der Waals surface area contributed by atoms with Gasteiger partial charge < -0.3 is 5.32 Å². The van der Waals surface area contributed by atoms with Gasteiger partial charge in [-0.2, -0.15) is 0 Å². The lowest BCUT2D eigenvalue weighted by Gasteiger charge is -2.48. The van der Waals surface area contributed by atoms with Crippen LogP contribution >= 0.6 is 0 Å². The number of hydrogen-bond donors (Lipinski definition) is 1. The van der Waals surface area contributed by atoms with Crippen LogP contribution in [0.1, 0.15) is 78.1 Å². The van der Waals surface area contributed by atoms with E-state index in [9.17, 15) is 0 Å². The summed E-state index contributed by atoms with van der Waals surface area (Å²) < 4.78 is 0. The molecule has 1 saturated heterocycles. The van der Waals surface area contributed by atoms with E-state index in [2.05, 4.69) is 24.1 Å². The summed E-state index contributed by atoms with van der Waals surface area (Å²) in [6.07, 6.45) is 14.4. The predicted octanol–water partition coefficient (Wildman–Crippen LogP) is 4.20. The summed E-state index contributed by atoms with van der Waals surface area (Å²) in [5.41, 5.74) is 0.516. The highest BCUT2D eigenvalue weighted by molar-refractivity contribution is 4.93. The van der Waals surface area contributed by atoms with Crippen molar-refractivity contribution >= 4 is 0 Å². The molecule has 0 bridgehead atoms. The van der Waals surface area contributed by atoms with E-state index in [0.29, 0.717) is 5.41 Å². The van der Waals surface area contributed by atoms with Gasteiger partial charge in [-0.1, -0.05) is 26.7 Å². The zero-order chi connectivity index (χ0) is 14.7. The third-order valence-corrected chi connectivity index (χ3v) is 6.74. The molecule has 1 aliphatic heterocycles. The average Bonchev–Trinajstić information content (AvgIpc) is 3.36. The number of nitrogens with one attached hydrogen (secondary N) is 1. The molecule has 0 aromatic carbocycles. The molecule has 1 N–H and O–H groups in total. The molecule has 2 heteroatoms. The Bertz CT molecular complexity index is 318. The van der Waals surface area contributed by atoms with Gasteiger partial charge in [0.05, 0.1) is 0 Å². The van der Waals surface area contributed by atoms with Crippen LogP contribution in [-0.4, -0.2) is 36.6 Å². The second-order valence-electron chi connectivity index (χ2n) is 8.09. The van der Waals surface area contributed by atoms with E-state index in [1.165, 1.54) is 83.8 Å². The molecule has 1 heterocycles. The zero-order valence-corrected chi connectivity index (χ0v) is 14.4. The van der Waals surface area contributed by atoms with E-state index in [4.69, 9.17) is 0 Å². The fraction of sp³-hybridized carbons (Fsp3) is 1.00. The molecule has 122 valence electrons. The van der Waals surface area contributed by atoms with Gasteiger partial charge >= 0.3 is 0 Å². The van der Waals surface area contributed by atoms with Crippen LogP contribution in [0.25, 0.3) is 0 Å². The van der Waals surface area contributed by atoms with Gasteiger partial charge in [-0.3, -0.25) is 4.90 Å². The Hall–Kier alpha value is -0.0800. The first kappa shape index (κ1) is 15.8. The number of fused-ring (bicyclic) bond motifs is 1. The summed E-state index contributed by atoms with van der Waals surface area (Å²) in [4.78, 5) is 2.91. The minimum Gasteiger partial charge on any atom is -0.313 e. The van der Waals surface area contributed by atoms with Gasteiger partial charge in [-0.15, -0.1) is 0 Å². The number of piperidine rings is 1. The minimum absolute atomic E-state index is 0.516. The van der Waals surface area contributed by atoms with Crippen molar-refractivity contribution in [3.8, 4) is 0 Å². The van der Waals surface area contributed by atoms with E-state index >= 15 is 0 Å². The third-order valence-electron chi connectivity index (χ3n) is 6.74. The van der Waals surface area contributed by atoms with E-state index in [1.54, 1.807) is 0 Å². The largest absolute Gasteiger partial charge is 0.313 e. The smallest absolute Gasteiger partial charge is 0.0124 e. The second-order valence-corrected chi connectivity index (χ2v) is 8.09. The first-order valence-electron chi connectivity index (χ1n) is 9.74.